The van der Waals surface area contributed by atoms with Gasteiger partial charge in [0.2, 0.25) is 0 Å². The first-order chi connectivity index (χ1) is 9.85. The van der Waals surface area contributed by atoms with E-state index in [2.05, 4.69) is 15.3 Å². The molecule has 0 bridgehead atoms. The summed E-state index contributed by atoms with van der Waals surface area (Å²) in [5.41, 5.74) is -0.215. The van der Waals surface area contributed by atoms with E-state index in [0.717, 1.165) is 0 Å². The lowest BCUT2D eigenvalue weighted by Gasteiger charge is -2.22. The topological polar surface area (TPSA) is 84.4 Å². The van der Waals surface area contributed by atoms with E-state index in [1.54, 1.807) is 4.90 Å². The van der Waals surface area contributed by atoms with Gasteiger partial charge in [-0.1, -0.05) is 0 Å². The monoisotopic (exact) mass is 292 g/mol. The fourth-order valence-electron chi connectivity index (χ4n) is 2.11. The second kappa shape index (κ2) is 6.07. The van der Waals surface area contributed by atoms with E-state index in [9.17, 15) is 9.59 Å². The van der Waals surface area contributed by atoms with E-state index < -0.39 is 11.7 Å². The van der Waals surface area contributed by atoms with Crippen molar-refractivity contribution in [3.8, 4) is 0 Å². The number of hydrogen-bond donors (Lipinski definition) is 1. The Hall–Kier alpha value is -2.18. The molecule has 0 radical (unpaired) electrons. The van der Waals surface area contributed by atoms with Crippen LogP contribution in [0.1, 0.15) is 37.7 Å². The molecule has 1 aliphatic rings. The highest BCUT2D eigenvalue weighted by molar-refractivity contribution is 5.92. The molecule has 0 aliphatic carbocycles. The number of nitrogens with zero attached hydrogens (tertiary/aromatic N) is 3. The number of nitrogens with one attached hydrogen (secondary N) is 1. The summed E-state index contributed by atoms with van der Waals surface area (Å²) in [4.78, 5) is 33.4. The summed E-state index contributed by atoms with van der Waals surface area (Å²) >= 11 is 0. The molecule has 2 amide bonds. The van der Waals surface area contributed by atoms with E-state index in [1.807, 2.05) is 20.8 Å². The van der Waals surface area contributed by atoms with Gasteiger partial charge >= 0.3 is 6.09 Å². The van der Waals surface area contributed by atoms with Crippen LogP contribution >= 0.6 is 0 Å². The smallest absolute Gasteiger partial charge is 0.407 e. The third-order valence-electron chi connectivity index (χ3n) is 2.98. The fraction of sp³-hybridized carbons (Fsp3) is 0.571. The molecule has 1 aliphatic heterocycles. The van der Waals surface area contributed by atoms with Crippen LogP contribution in [-0.2, 0) is 4.74 Å². The fourth-order valence-corrected chi connectivity index (χ4v) is 2.11. The van der Waals surface area contributed by atoms with Crippen molar-refractivity contribution in [2.45, 2.75) is 38.8 Å². The number of carbonyl (C=O) groups excluding carboxylic acids is 2. The van der Waals surface area contributed by atoms with Crippen molar-refractivity contribution >= 4 is 12.0 Å². The van der Waals surface area contributed by atoms with E-state index in [1.165, 1.54) is 18.6 Å². The number of amides is 2. The molecule has 1 saturated heterocycles. The van der Waals surface area contributed by atoms with Gasteiger partial charge in [-0.05, 0) is 27.2 Å². The molecular weight excluding hydrogens is 272 g/mol. The zero-order chi connectivity index (χ0) is 15.5. The second-order valence-corrected chi connectivity index (χ2v) is 5.97. The van der Waals surface area contributed by atoms with Gasteiger partial charge in [-0.15, -0.1) is 0 Å². The van der Waals surface area contributed by atoms with Gasteiger partial charge in [0.15, 0.2) is 0 Å². The van der Waals surface area contributed by atoms with Gasteiger partial charge in [0.05, 0.1) is 12.2 Å². The maximum Gasteiger partial charge on any atom is 0.407 e. The van der Waals surface area contributed by atoms with Crippen molar-refractivity contribution in [3.63, 3.8) is 0 Å². The summed E-state index contributed by atoms with van der Waals surface area (Å²) in [6, 6.07) is -0.0968. The van der Waals surface area contributed by atoms with Crippen molar-refractivity contribution in [2.75, 3.05) is 13.1 Å². The standard InChI is InChI=1S/C14H20N4O3/c1-14(2,3)21-13(20)17-10-4-7-18(9-10)12(19)11-8-15-5-6-16-11/h5-6,8,10H,4,7,9H2,1-3H3,(H,17,20)/t10-/m1/s1. The van der Waals surface area contributed by atoms with Crippen LogP contribution in [0.15, 0.2) is 18.6 Å². The summed E-state index contributed by atoms with van der Waals surface area (Å²) in [6.45, 7) is 6.46. The van der Waals surface area contributed by atoms with Crippen molar-refractivity contribution in [3.05, 3.63) is 24.3 Å². The number of carbonyl (C=O) groups is 2. The van der Waals surface area contributed by atoms with E-state index in [0.29, 0.717) is 25.2 Å². The molecular formula is C14H20N4O3. The molecule has 2 heterocycles. The lowest BCUT2D eigenvalue weighted by Crippen LogP contribution is -2.41. The minimum Gasteiger partial charge on any atom is -0.444 e. The van der Waals surface area contributed by atoms with Crippen LogP contribution in [0.2, 0.25) is 0 Å². The molecule has 21 heavy (non-hydrogen) atoms. The van der Waals surface area contributed by atoms with Gasteiger partial charge in [0.1, 0.15) is 11.3 Å². The van der Waals surface area contributed by atoms with Crippen molar-refractivity contribution < 1.29 is 14.3 Å². The van der Waals surface area contributed by atoms with Gasteiger partial charge in [-0.25, -0.2) is 9.78 Å². The van der Waals surface area contributed by atoms with Crippen LogP contribution < -0.4 is 5.32 Å². The minimum atomic E-state index is -0.530. The number of alkyl carbamates (subject to hydrolysis) is 1. The van der Waals surface area contributed by atoms with Crippen molar-refractivity contribution in [1.82, 2.24) is 20.2 Å². The van der Waals surface area contributed by atoms with Gasteiger partial charge in [-0.3, -0.25) is 9.78 Å². The summed E-state index contributed by atoms with van der Waals surface area (Å²) in [5, 5.41) is 2.78. The van der Waals surface area contributed by atoms with Gasteiger partial charge in [-0.2, -0.15) is 0 Å². The molecule has 0 unspecified atom stereocenters. The van der Waals surface area contributed by atoms with Crippen LogP contribution in [-0.4, -0.2) is 51.6 Å². The SMILES string of the molecule is CC(C)(C)OC(=O)N[C@@H]1CCN(C(=O)c2cnccn2)C1. The minimum absolute atomic E-state index is 0.0968. The predicted molar refractivity (Wildman–Crippen MR) is 75.7 cm³/mol. The molecule has 1 N–H and O–H groups in total. The Morgan fingerprint density at radius 3 is 2.76 bits per heavy atom. The molecule has 1 aromatic heterocycles. The summed E-state index contributed by atoms with van der Waals surface area (Å²) in [6.07, 6.45) is 4.69. The Bertz CT molecular complexity index is 513. The highest BCUT2D eigenvalue weighted by Gasteiger charge is 2.29. The molecule has 1 atom stereocenters. The van der Waals surface area contributed by atoms with Crippen LogP contribution in [0, 0.1) is 0 Å². The molecule has 0 spiro atoms. The number of rotatable bonds is 2. The summed E-state index contributed by atoms with van der Waals surface area (Å²) in [5.74, 6) is -0.170. The average molecular weight is 292 g/mol. The van der Waals surface area contributed by atoms with Gasteiger partial charge < -0.3 is 15.0 Å². The van der Waals surface area contributed by atoms with Crippen LogP contribution in [0.5, 0.6) is 0 Å². The van der Waals surface area contributed by atoms with E-state index in [-0.39, 0.29) is 11.9 Å². The van der Waals surface area contributed by atoms with E-state index in [4.69, 9.17) is 4.74 Å². The normalized spacial score (nSPS) is 18.4. The Morgan fingerprint density at radius 2 is 2.14 bits per heavy atom. The first-order valence-electron chi connectivity index (χ1n) is 6.90. The maximum atomic E-state index is 12.2. The Labute approximate surface area is 123 Å². The molecule has 7 heteroatoms. The predicted octanol–water partition coefficient (Wildman–Crippen LogP) is 1.22. The Morgan fingerprint density at radius 1 is 1.38 bits per heavy atom. The van der Waals surface area contributed by atoms with Crippen molar-refractivity contribution in [2.24, 2.45) is 0 Å². The van der Waals surface area contributed by atoms with Crippen LogP contribution in [0.4, 0.5) is 4.79 Å². The molecule has 1 fully saturated rings. The lowest BCUT2D eigenvalue weighted by atomic mass is 10.2. The zero-order valence-corrected chi connectivity index (χ0v) is 12.5. The third-order valence-corrected chi connectivity index (χ3v) is 2.98. The molecule has 1 aromatic rings. The average Bonchev–Trinajstić information content (AvgIpc) is 2.85. The van der Waals surface area contributed by atoms with Crippen LogP contribution in [0.25, 0.3) is 0 Å². The third kappa shape index (κ3) is 4.40. The lowest BCUT2D eigenvalue weighted by molar-refractivity contribution is 0.0502. The van der Waals surface area contributed by atoms with E-state index >= 15 is 0 Å². The van der Waals surface area contributed by atoms with Gasteiger partial charge in [0, 0.05) is 25.5 Å². The number of hydrogen-bond acceptors (Lipinski definition) is 5. The molecule has 2 rings (SSSR count). The molecule has 7 nitrogen and oxygen atoms in total. The maximum absolute atomic E-state index is 12.2. The van der Waals surface area contributed by atoms with Gasteiger partial charge in [0.25, 0.3) is 5.91 Å². The first-order valence-corrected chi connectivity index (χ1v) is 6.90. The highest BCUT2D eigenvalue weighted by Crippen LogP contribution is 2.13. The van der Waals surface area contributed by atoms with Crippen LogP contribution in [0.3, 0.4) is 0 Å². The second-order valence-electron chi connectivity index (χ2n) is 5.97. The van der Waals surface area contributed by atoms with Crippen molar-refractivity contribution in [1.29, 1.82) is 0 Å². The Balaban J connectivity index is 1.86. The highest BCUT2D eigenvalue weighted by atomic mass is 16.6. The Kier molecular flexibility index (Phi) is 4.40. The summed E-state index contributed by atoms with van der Waals surface area (Å²) < 4.78 is 5.20. The first kappa shape index (κ1) is 15.2. The number of aromatic nitrogens is 2. The number of likely N-dealkylation sites (tertiary alicyclic amines) is 1. The summed E-state index contributed by atoms with van der Waals surface area (Å²) in [7, 11) is 0. The zero-order valence-electron chi connectivity index (χ0n) is 12.5. The quantitative estimate of drug-likeness (QED) is 0.886. The molecule has 0 aromatic carbocycles. The number of ether oxygens (including phenoxy) is 1. The largest absolute Gasteiger partial charge is 0.444 e. The molecule has 114 valence electrons. The molecule has 0 saturated carbocycles.